The van der Waals surface area contributed by atoms with Gasteiger partial charge in [-0.3, -0.25) is 4.79 Å². The van der Waals surface area contributed by atoms with Crippen LogP contribution in [0.15, 0.2) is 59.8 Å². The molecule has 3 N–H and O–H groups in total. The lowest BCUT2D eigenvalue weighted by molar-refractivity contribution is -0.115. The molecule has 142 valence electrons. The Morgan fingerprint density at radius 3 is 2.46 bits per heavy atom. The molecule has 4 rings (SSSR count). The number of carbonyl (C=O) groups excluding carboxylic acids is 1. The number of amides is 1. The molecule has 1 aromatic heterocycles. The predicted molar refractivity (Wildman–Crippen MR) is 102 cm³/mol. The molecule has 1 atom stereocenters. The maximum atomic E-state index is 13.4. The number of nitrogens with zero attached hydrogens (tertiary/aromatic N) is 3. The van der Waals surface area contributed by atoms with Crippen molar-refractivity contribution in [3.05, 3.63) is 71.2 Å². The van der Waals surface area contributed by atoms with Gasteiger partial charge in [0.25, 0.3) is 0 Å². The fourth-order valence-corrected chi connectivity index (χ4v) is 3.29. The lowest BCUT2D eigenvalue weighted by Crippen LogP contribution is -2.31. The molecule has 7 nitrogen and oxygen atoms in total. The smallest absolute Gasteiger partial charge is 0.248 e. The number of hydrogen-bond donors (Lipinski definition) is 2. The summed E-state index contributed by atoms with van der Waals surface area (Å²) in [5.74, 6) is 0.741. The van der Waals surface area contributed by atoms with Gasteiger partial charge in [-0.05, 0) is 48.9 Å². The minimum atomic E-state index is -0.603. The predicted octanol–water partition coefficient (Wildman–Crippen LogP) is 2.87. The van der Waals surface area contributed by atoms with E-state index in [1.54, 1.807) is 30.8 Å². The van der Waals surface area contributed by atoms with E-state index in [-0.39, 0.29) is 5.82 Å². The van der Waals surface area contributed by atoms with E-state index >= 15 is 0 Å². The average Bonchev–Trinajstić information content (AvgIpc) is 3.11. The number of methoxy groups -OCH3 is 1. The fraction of sp³-hybridized carbons (Fsp3) is 0.150. The summed E-state index contributed by atoms with van der Waals surface area (Å²) in [6.45, 7) is 1.75. The van der Waals surface area contributed by atoms with Gasteiger partial charge in [0.15, 0.2) is 5.82 Å². The summed E-state index contributed by atoms with van der Waals surface area (Å²) < 4.78 is 20.2. The summed E-state index contributed by atoms with van der Waals surface area (Å²) >= 11 is 0. The number of hydrogen-bond acceptors (Lipinski definition) is 5. The number of nitrogens with two attached hydrogens (primary N) is 1. The fourth-order valence-electron chi connectivity index (χ4n) is 3.29. The van der Waals surface area contributed by atoms with Crippen molar-refractivity contribution in [2.75, 3.05) is 12.4 Å². The average molecular weight is 379 g/mol. The minimum absolute atomic E-state index is 0.352. The minimum Gasteiger partial charge on any atom is -0.497 e. The third-order valence-corrected chi connectivity index (χ3v) is 4.65. The van der Waals surface area contributed by atoms with Crippen molar-refractivity contribution < 1.29 is 13.9 Å². The number of rotatable bonds is 4. The van der Waals surface area contributed by atoms with Gasteiger partial charge in [0.2, 0.25) is 11.9 Å². The number of halogens is 1. The van der Waals surface area contributed by atoms with E-state index in [0.717, 1.165) is 11.3 Å². The number of anilines is 1. The van der Waals surface area contributed by atoms with Gasteiger partial charge in [-0.2, -0.15) is 4.98 Å². The highest BCUT2D eigenvalue weighted by atomic mass is 19.1. The van der Waals surface area contributed by atoms with Crippen molar-refractivity contribution in [3.8, 4) is 17.1 Å². The Bertz CT molecular complexity index is 1070. The lowest BCUT2D eigenvalue weighted by Gasteiger charge is -2.27. The van der Waals surface area contributed by atoms with Crippen LogP contribution in [0.5, 0.6) is 5.75 Å². The third-order valence-electron chi connectivity index (χ3n) is 4.65. The molecule has 1 aliphatic rings. The Labute approximate surface area is 160 Å². The zero-order chi connectivity index (χ0) is 19.8. The zero-order valence-corrected chi connectivity index (χ0v) is 15.3. The van der Waals surface area contributed by atoms with Crippen LogP contribution in [0.2, 0.25) is 0 Å². The molecule has 8 heteroatoms. The quantitative estimate of drug-likeness (QED) is 0.727. The van der Waals surface area contributed by atoms with Gasteiger partial charge in [0, 0.05) is 11.3 Å². The summed E-state index contributed by atoms with van der Waals surface area (Å²) in [6.07, 6.45) is 0. The van der Waals surface area contributed by atoms with E-state index in [4.69, 9.17) is 10.5 Å². The van der Waals surface area contributed by atoms with Crippen molar-refractivity contribution in [2.45, 2.75) is 13.0 Å². The molecule has 0 fully saturated rings. The van der Waals surface area contributed by atoms with E-state index in [1.165, 1.54) is 12.1 Å². The van der Waals surface area contributed by atoms with Crippen LogP contribution in [-0.2, 0) is 4.79 Å². The van der Waals surface area contributed by atoms with Crippen molar-refractivity contribution in [1.82, 2.24) is 14.8 Å². The van der Waals surface area contributed by atoms with Crippen LogP contribution in [0, 0.1) is 5.82 Å². The summed E-state index contributed by atoms with van der Waals surface area (Å²) in [5, 5.41) is 7.67. The molecule has 2 heterocycles. The van der Waals surface area contributed by atoms with Crippen molar-refractivity contribution >= 4 is 11.9 Å². The molecule has 0 saturated heterocycles. The van der Waals surface area contributed by atoms with Crippen LogP contribution in [0.3, 0.4) is 0 Å². The summed E-state index contributed by atoms with van der Waals surface area (Å²) in [4.78, 5) is 16.7. The molecular formula is C20H18FN5O2. The number of fused-ring (bicyclic) bond motifs is 1. The van der Waals surface area contributed by atoms with E-state index in [0.29, 0.717) is 28.6 Å². The normalized spacial score (nSPS) is 15.8. The second kappa shape index (κ2) is 6.80. The highest BCUT2D eigenvalue weighted by Crippen LogP contribution is 2.36. The van der Waals surface area contributed by atoms with Gasteiger partial charge >= 0.3 is 0 Å². The van der Waals surface area contributed by atoms with E-state index in [2.05, 4.69) is 15.4 Å². The van der Waals surface area contributed by atoms with Crippen molar-refractivity contribution in [2.24, 2.45) is 5.73 Å². The Balaban J connectivity index is 1.83. The topological polar surface area (TPSA) is 95.1 Å². The molecule has 0 aliphatic carbocycles. The van der Waals surface area contributed by atoms with Crippen LogP contribution in [0.4, 0.5) is 10.3 Å². The number of primary amides is 1. The number of carbonyl (C=O) groups is 1. The molecule has 0 radical (unpaired) electrons. The number of nitrogens with one attached hydrogen (secondary N) is 1. The largest absolute Gasteiger partial charge is 0.497 e. The lowest BCUT2D eigenvalue weighted by atomic mass is 9.95. The molecule has 0 spiro atoms. The maximum Gasteiger partial charge on any atom is 0.248 e. The molecule has 2 aromatic carbocycles. The number of benzene rings is 2. The first-order valence-electron chi connectivity index (χ1n) is 8.62. The molecule has 1 aliphatic heterocycles. The van der Waals surface area contributed by atoms with Crippen molar-refractivity contribution in [3.63, 3.8) is 0 Å². The van der Waals surface area contributed by atoms with Gasteiger partial charge in [-0.1, -0.05) is 12.1 Å². The second-order valence-electron chi connectivity index (χ2n) is 6.41. The summed E-state index contributed by atoms with van der Waals surface area (Å²) in [6, 6.07) is 12.6. The molecule has 3 aromatic rings. The third kappa shape index (κ3) is 2.98. The first-order valence-corrected chi connectivity index (χ1v) is 8.62. The van der Waals surface area contributed by atoms with Crippen LogP contribution in [-0.4, -0.2) is 27.8 Å². The molecule has 0 bridgehead atoms. The number of ether oxygens (including phenoxy) is 1. The number of allylic oxidation sites excluding steroid dienone is 1. The highest BCUT2D eigenvalue weighted by Gasteiger charge is 2.33. The zero-order valence-electron chi connectivity index (χ0n) is 15.3. The Morgan fingerprint density at radius 1 is 1.18 bits per heavy atom. The molecule has 1 amide bonds. The van der Waals surface area contributed by atoms with E-state index in [1.807, 2.05) is 24.3 Å². The SMILES string of the molecule is COc1ccc(-c2nc3n(n2)C(c2ccc(F)cc2)C(C(N)=O)=C(C)N3)cc1. The van der Waals surface area contributed by atoms with Gasteiger partial charge in [-0.25, -0.2) is 9.07 Å². The first-order chi connectivity index (χ1) is 13.5. The van der Waals surface area contributed by atoms with E-state index < -0.39 is 11.9 Å². The molecule has 28 heavy (non-hydrogen) atoms. The number of aromatic nitrogens is 3. The van der Waals surface area contributed by atoms with Crippen molar-refractivity contribution in [1.29, 1.82) is 0 Å². The molecular weight excluding hydrogens is 361 g/mol. The summed E-state index contributed by atoms with van der Waals surface area (Å²) in [7, 11) is 1.60. The maximum absolute atomic E-state index is 13.4. The standard InChI is InChI=1S/C20H18FN5O2/c1-11-16(18(22)27)17(12-3-7-14(21)8-4-12)26-20(23-11)24-19(25-26)13-5-9-15(28-2)10-6-13/h3-10,17H,1-2H3,(H2,22,27)(H,23,24,25). The van der Waals surface area contributed by atoms with Gasteiger partial charge < -0.3 is 15.8 Å². The van der Waals surface area contributed by atoms with Crippen LogP contribution >= 0.6 is 0 Å². The molecule has 1 unspecified atom stereocenters. The monoisotopic (exact) mass is 379 g/mol. The van der Waals surface area contributed by atoms with Crippen LogP contribution in [0.25, 0.3) is 11.4 Å². The first kappa shape index (κ1) is 17.7. The van der Waals surface area contributed by atoms with Gasteiger partial charge in [-0.15, -0.1) is 5.10 Å². The molecule has 0 saturated carbocycles. The van der Waals surface area contributed by atoms with Gasteiger partial charge in [0.1, 0.15) is 17.6 Å². The Hall–Kier alpha value is -3.68. The summed E-state index contributed by atoms with van der Waals surface area (Å²) in [5.41, 5.74) is 8.05. The van der Waals surface area contributed by atoms with E-state index in [9.17, 15) is 9.18 Å². The highest BCUT2D eigenvalue weighted by molar-refractivity contribution is 5.95. The second-order valence-corrected chi connectivity index (χ2v) is 6.41. The van der Waals surface area contributed by atoms with Crippen LogP contribution < -0.4 is 15.8 Å². The Morgan fingerprint density at radius 2 is 1.86 bits per heavy atom. The Kier molecular flexibility index (Phi) is 4.31. The van der Waals surface area contributed by atoms with Gasteiger partial charge in [0.05, 0.1) is 12.7 Å². The van der Waals surface area contributed by atoms with Crippen LogP contribution in [0.1, 0.15) is 18.5 Å².